The predicted molar refractivity (Wildman–Crippen MR) is 106 cm³/mol. The number of nitro groups is 1. The van der Waals surface area contributed by atoms with Crippen LogP contribution in [0.2, 0.25) is 5.02 Å². The van der Waals surface area contributed by atoms with Crippen molar-refractivity contribution in [3.8, 4) is 0 Å². The minimum Gasteiger partial charge on any atom is -0.362 e. The van der Waals surface area contributed by atoms with Crippen molar-refractivity contribution in [3.05, 3.63) is 57.2 Å². The van der Waals surface area contributed by atoms with Crippen LogP contribution in [0.15, 0.2) is 36.5 Å². The zero-order valence-electron chi connectivity index (χ0n) is 15.4. The van der Waals surface area contributed by atoms with E-state index in [1.54, 1.807) is 4.90 Å². The summed E-state index contributed by atoms with van der Waals surface area (Å²) in [6, 6.07) is 8.39. The van der Waals surface area contributed by atoms with E-state index >= 15 is 0 Å². The first-order valence-electron chi connectivity index (χ1n) is 8.58. The van der Waals surface area contributed by atoms with Crippen molar-refractivity contribution in [3.63, 3.8) is 0 Å². The molecule has 0 fully saturated rings. The second-order valence-electron chi connectivity index (χ2n) is 5.87. The Morgan fingerprint density at radius 3 is 2.44 bits per heavy atom. The van der Waals surface area contributed by atoms with E-state index in [0.29, 0.717) is 24.6 Å². The fourth-order valence-corrected chi connectivity index (χ4v) is 2.71. The molecule has 0 radical (unpaired) electrons. The van der Waals surface area contributed by atoms with Crippen molar-refractivity contribution >= 4 is 34.8 Å². The summed E-state index contributed by atoms with van der Waals surface area (Å²) in [5.74, 6) is 0.369. The standard InChI is InChI=1S/C18H22ClN5O3/c1-4-23(5-2)18(25)22-14-8-6-13(7-9-14)12(3)21-17-16(19)10-15(11-20-17)24(26)27/h6-12H,4-5H2,1-3H3,(H,20,21)(H,22,25). The van der Waals surface area contributed by atoms with Gasteiger partial charge < -0.3 is 15.5 Å². The number of hydrogen-bond acceptors (Lipinski definition) is 5. The molecule has 2 N–H and O–H groups in total. The summed E-state index contributed by atoms with van der Waals surface area (Å²) in [5.41, 5.74) is 1.49. The van der Waals surface area contributed by atoms with Crippen molar-refractivity contribution in [2.75, 3.05) is 23.7 Å². The highest BCUT2D eigenvalue weighted by Crippen LogP contribution is 2.27. The molecule has 0 bridgehead atoms. The lowest BCUT2D eigenvalue weighted by atomic mass is 10.1. The van der Waals surface area contributed by atoms with Crippen LogP contribution >= 0.6 is 11.6 Å². The van der Waals surface area contributed by atoms with Crippen LogP contribution in [0.5, 0.6) is 0 Å². The fourth-order valence-electron chi connectivity index (χ4n) is 2.49. The van der Waals surface area contributed by atoms with Crippen molar-refractivity contribution in [1.29, 1.82) is 0 Å². The molecule has 27 heavy (non-hydrogen) atoms. The molecule has 0 aliphatic carbocycles. The Labute approximate surface area is 162 Å². The largest absolute Gasteiger partial charge is 0.362 e. The van der Waals surface area contributed by atoms with Gasteiger partial charge in [0, 0.05) is 30.9 Å². The van der Waals surface area contributed by atoms with Gasteiger partial charge >= 0.3 is 6.03 Å². The predicted octanol–water partition coefficient (Wildman–Crippen LogP) is 4.69. The summed E-state index contributed by atoms with van der Waals surface area (Å²) in [6.07, 6.45) is 1.16. The van der Waals surface area contributed by atoms with Gasteiger partial charge in [0.25, 0.3) is 5.69 Å². The zero-order chi connectivity index (χ0) is 20.0. The van der Waals surface area contributed by atoms with Gasteiger partial charge in [-0.3, -0.25) is 10.1 Å². The summed E-state index contributed by atoms with van der Waals surface area (Å²) in [5, 5.41) is 16.9. The SMILES string of the molecule is CCN(CC)C(=O)Nc1ccc(C(C)Nc2ncc([N+](=O)[O-])cc2Cl)cc1. The Morgan fingerprint density at radius 1 is 1.30 bits per heavy atom. The van der Waals surface area contributed by atoms with Gasteiger partial charge in [-0.15, -0.1) is 0 Å². The summed E-state index contributed by atoms with van der Waals surface area (Å²) in [7, 11) is 0. The van der Waals surface area contributed by atoms with Gasteiger partial charge in [-0.05, 0) is 38.5 Å². The normalized spacial score (nSPS) is 11.6. The van der Waals surface area contributed by atoms with E-state index in [9.17, 15) is 14.9 Å². The Kier molecular flexibility index (Phi) is 6.95. The number of nitrogens with zero attached hydrogens (tertiary/aromatic N) is 3. The van der Waals surface area contributed by atoms with E-state index in [-0.39, 0.29) is 22.8 Å². The smallest absolute Gasteiger partial charge is 0.321 e. The lowest BCUT2D eigenvalue weighted by Gasteiger charge is -2.20. The number of halogens is 1. The number of aromatic nitrogens is 1. The average molecular weight is 392 g/mol. The first-order chi connectivity index (χ1) is 12.8. The van der Waals surface area contributed by atoms with E-state index < -0.39 is 4.92 Å². The molecule has 1 unspecified atom stereocenters. The van der Waals surface area contributed by atoms with Gasteiger partial charge in [-0.2, -0.15) is 0 Å². The van der Waals surface area contributed by atoms with Crippen LogP contribution in [0, 0.1) is 10.1 Å². The van der Waals surface area contributed by atoms with Crippen molar-refractivity contribution < 1.29 is 9.72 Å². The number of urea groups is 1. The maximum atomic E-state index is 12.1. The highest BCUT2D eigenvalue weighted by Gasteiger charge is 2.14. The van der Waals surface area contributed by atoms with E-state index in [2.05, 4.69) is 15.6 Å². The van der Waals surface area contributed by atoms with E-state index in [4.69, 9.17) is 11.6 Å². The molecule has 144 valence electrons. The maximum Gasteiger partial charge on any atom is 0.321 e. The van der Waals surface area contributed by atoms with Crippen LogP contribution in [-0.2, 0) is 0 Å². The van der Waals surface area contributed by atoms with Crippen LogP contribution in [0.3, 0.4) is 0 Å². The molecule has 1 atom stereocenters. The number of rotatable bonds is 7. The molecule has 0 aliphatic rings. The number of carbonyl (C=O) groups excluding carboxylic acids is 1. The Bertz CT molecular complexity index is 809. The van der Waals surface area contributed by atoms with Crippen LogP contribution in [0.4, 0.5) is 22.0 Å². The highest BCUT2D eigenvalue weighted by molar-refractivity contribution is 6.33. The molecule has 8 nitrogen and oxygen atoms in total. The third kappa shape index (κ3) is 5.30. The summed E-state index contributed by atoms with van der Waals surface area (Å²) < 4.78 is 0. The second-order valence-corrected chi connectivity index (χ2v) is 6.28. The molecule has 2 amide bonds. The van der Waals surface area contributed by atoms with Crippen molar-refractivity contribution in [1.82, 2.24) is 9.88 Å². The number of anilines is 2. The molecule has 0 saturated carbocycles. The number of amides is 2. The highest BCUT2D eigenvalue weighted by atomic mass is 35.5. The maximum absolute atomic E-state index is 12.1. The van der Waals surface area contributed by atoms with Gasteiger partial charge in [0.1, 0.15) is 12.0 Å². The van der Waals surface area contributed by atoms with E-state index in [0.717, 1.165) is 11.8 Å². The molecule has 2 rings (SSSR count). The van der Waals surface area contributed by atoms with Crippen molar-refractivity contribution in [2.45, 2.75) is 26.8 Å². The number of hydrogen-bond donors (Lipinski definition) is 2. The van der Waals surface area contributed by atoms with Crippen molar-refractivity contribution in [2.24, 2.45) is 0 Å². The number of nitrogens with one attached hydrogen (secondary N) is 2. The molecular formula is C18H22ClN5O3. The number of benzene rings is 1. The Morgan fingerprint density at radius 2 is 1.93 bits per heavy atom. The van der Waals surface area contributed by atoms with Gasteiger partial charge in [-0.25, -0.2) is 9.78 Å². The van der Waals surface area contributed by atoms with Crippen LogP contribution in [0.25, 0.3) is 0 Å². The quantitative estimate of drug-likeness (QED) is 0.526. The molecular weight excluding hydrogens is 370 g/mol. The summed E-state index contributed by atoms with van der Waals surface area (Å²) in [4.78, 5) is 28.0. The molecule has 1 aromatic heterocycles. The molecule has 1 heterocycles. The van der Waals surface area contributed by atoms with Crippen LogP contribution < -0.4 is 10.6 Å². The van der Waals surface area contributed by atoms with Gasteiger partial charge in [0.15, 0.2) is 0 Å². The molecule has 0 spiro atoms. The average Bonchev–Trinajstić information content (AvgIpc) is 2.64. The van der Waals surface area contributed by atoms with Gasteiger partial charge in [0.2, 0.25) is 0 Å². The minimum absolute atomic E-state index is 0.135. The summed E-state index contributed by atoms with van der Waals surface area (Å²) in [6.45, 7) is 7.06. The van der Waals surface area contributed by atoms with E-state index in [1.165, 1.54) is 6.07 Å². The number of carbonyl (C=O) groups is 1. The lowest BCUT2D eigenvalue weighted by molar-refractivity contribution is -0.385. The van der Waals surface area contributed by atoms with E-state index in [1.807, 2.05) is 45.0 Å². The number of pyridine rings is 1. The Balaban J connectivity index is 2.04. The molecule has 1 aromatic carbocycles. The fraction of sp³-hybridized carbons (Fsp3) is 0.333. The zero-order valence-corrected chi connectivity index (χ0v) is 16.2. The molecule has 0 aliphatic heterocycles. The van der Waals surface area contributed by atoms with Gasteiger partial charge in [-0.1, -0.05) is 23.7 Å². The third-order valence-electron chi connectivity index (χ3n) is 4.10. The van der Waals surface area contributed by atoms with Crippen LogP contribution in [0.1, 0.15) is 32.4 Å². The first-order valence-corrected chi connectivity index (χ1v) is 8.95. The lowest BCUT2D eigenvalue weighted by Crippen LogP contribution is -2.34. The monoisotopic (exact) mass is 391 g/mol. The minimum atomic E-state index is -0.544. The van der Waals surface area contributed by atoms with Gasteiger partial charge in [0.05, 0.1) is 9.95 Å². The summed E-state index contributed by atoms with van der Waals surface area (Å²) >= 11 is 6.06. The second kappa shape index (κ2) is 9.18. The Hall–Kier alpha value is -2.87. The van der Waals surface area contributed by atoms with Crippen LogP contribution in [-0.4, -0.2) is 33.9 Å². The first kappa shape index (κ1) is 20.4. The molecule has 2 aromatic rings. The third-order valence-corrected chi connectivity index (χ3v) is 4.39. The molecule has 0 saturated heterocycles. The topological polar surface area (TPSA) is 100 Å². The molecule has 9 heteroatoms.